The normalized spacial score (nSPS) is 22.4. The van der Waals surface area contributed by atoms with Crippen LogP contribution in [0, 0.1) is 5.92 Å². The number of aromatic carboxylic acids is 1. The molecule has 168 valence electrons. The van der Waals surface area contributed by atoms with Crippen molar-refractivity contribution >= 4 is 24.8 Å². The zero-order chi connectivity index (χ0) is 22.7. The predicted molar refractivity (Wildman–Crippen MR) is 121 cm³/mol. The van der Waals surface area contributed by atoms with E-state index < -0.39 is 19.0 Å². The highest BCUT2D eigenvalue weighted by atomic mass is 16.5. The first-order chi connectivity index (χ1) is 15.4. The Morgan fingerprint density at radius 2 is 1.97 bits per heavy atom. The number of hydrogen-bond acceptors (Lipinski definition) is 6. The number of hydrogen-bond donors (Lipinski definition) is 3. The van der Waals surface area contributed by atoms with Crippen LogP contribution in [-0.2, 0) is 11.2 Å². The van der Waals surface area contributed by atoms with E-state index in [-0.39, 0.29) is 17.2 Å². The lowest BCUT2D eigenvalue weighted by Crippen LogP contribution is -2.53. The summed E-state index contributed by atoms with van der Waals surface area (Å²) in [6, 6.07) is 11.2. The van der Waals surface area contributed by atoms with E-state index in [0.29, 0.717) is 30.4 Å². The van der Waals surface area contributed by atoms with Gasteiger partial charge < -0.3 is 25.0 Å². The van der Waals surface area contributed by atoms with Crippen LogP contribution in [0.4, 0.5) is 5.82 Å². The Labute approximate surface area is 187 Å². The van der Waals surface area contributed by atoms with Crippen molar-refractivity contribution in [2.45, 2.75) is 50.5 Å². The molecule has 4 rings (SSSR count). The van der Waals surface area contributed by atoms with Crippen molar-refractivity contribution in [3.8, 4) is 5.75 Å². The summed E-state index contributed by atoms with van der Waals surface area (Å²) in [7, 11) is 0.785. The fourth-order valence-corrected chi connectivity index (χ4v) is 4.73. The number of amides is 1. The van der Waals surface area contributed by atoms with E-state index >= 15 is 0 Å². The SMILES string of the molecule is CN(c1ccccn1)C1CCC(CC(=O)N[C@H]2Cc3cccc(C(=O)O)c3OB2O)CC1. The number of nitrogens with zero attached hydrogens (tertiary/aromatic N) is 2. The van der Waals surface area contributed by atoms with Gasteiger partial charge in [0.25, 0.3) is 0 Å². The summed E-state index contributed by atoms with van der Waals surface area (Å²) in [6.45, 7) is 0. The third-order valence-electron chi connectivity index (χ3n) is 6.54. The molecule has 0 spiro atoms. The number of nitrogens with one attached hydrogen (secondary N) is 1. The number of carbonyl (C=O) groups excluding carboxylic acids is 1. The fraction of sp³-hybridized carbons (Fsp3) is 0.435. The van der Waals surface area contributed by atoms with Crippen LogP contribution in [0.3, 0.4) is 0 Å². The highest BCUT2D eigenvalue weighted by Crippen LogP contribution is 2.32. The minimum atomic E-state index is -1.28. The lowest BCUT2D eigenvalue weighted by atomic mass is 9.72. The first kappa shape index (κ1) is 22.1. The smallest absolute Gasteiger partial charge is 0.534 e. The summed E-state index contributed by atoms with van der Waals surface area (Å²) in [5.41, 5.74) is 0.678. The average molecular weight is 437 g/mol. The van der Waals surface area contributed by atoms with E-state index in [1.807, 2.05) is 18.2 Å². The first-order valence-electron chi connectivity index (χ1n) is 11.1. The van der Waals surface area contributed by atoms with Crippen LogP contribution >= 0.6 is 0 Å². The Morgan fingerprint density at radius 3 is 2.66 bits per heavy atom. The minimum Gasteiger partial charge on any atom is -0.534 e. The van der Waals surface area contributed by atoms with Gasteiger partial charge in [-0.1, -0.05) is 18.2 Å². The van der Waals surface area contributed by atoms with Crippen molar-refractivity contribution in [2.75, 3.05) is 11.9 Å². The van der Waals surface area contributed by atoms with Gasteiger partial charge in [0.2, 0.25) is 5.91 Å². The molecule has 0 unspecified atom stereocenters. The molecule has 1 fully saturated rings. The van der Waals surface area contributed by atoms with Crippen molar-refractivity contribution in [1.82, 2.24) is 10.3 Å². The Bertz CT molecular complexity index is 965. The Morgan fingerprint density at radius 1 is 1.19 bits per heavy atom. The lowest BCUT2D eigenvalue weighted by Gasteiger charge is -2.35. The molecule has 3 N–H and O–H groups in total. The summed E-state index contributed by atoms with van der Waals surface area (Å²) in [5, 5.41) is 22.5. The maximum absolute atomic E-state index is 12.7. The van der Waals surface area contributed by atoms with Crippen molar-refractivity contribution in [2.24, 2.45) is 5.92 Å². The third-order valence-corrected chi connectivity index (χ3v) is 6.54. The summed E-state index contributed by atoms with van der Waals surface area (Å²) in [4.78, 5) is 30.7. The number of carboxylic acids is 1. The molecule has 8 nitrogen and oxygen atoms in total. The highest BCUT2D eigenvalue weighted by Gasteiger charge is 2.38. The fourth-order valence-electron chi connectivity index (χ4n) is 4.73. The van der Waals surface area contributed by atoms with Crippen LogP contribution < -0.4 is 14.9 Å². The quantitative estimate of drug-likeness (QED) is 0.595. The Hall–Kier alpha value is -3.07. The summed E-state index contributed by atoms with van der Waals surface area (Å²) >= 11 is 0. The number of para-hydroxylation sites is 1. The molecule has 0 radical (unpaired) electrons. The second-order valence-electron chi connectivity index (χ2n) is 8.66. The number of pyridine rings is 1. The molecule has 1 aromatic heterocycles. The van der Waals surface area contributed by atoms with Crippen LogP contribution in [0.1, 0.15) is 48.0 Å². The molecule has 2 aliphatic rings. The Kier molecular flexibility index (Phi) is 6.65. The number of rotatable bonds is 6. The van der Waals surface area contributed by atoms with Gasteiger partial charge in [0.05, 0.1) is 11.5 Å². The molecule has 32 heavy (non-hydrogen) atoms. The molecule has 1 saturated carbocycles. The van der Waals surface area contributed by atoms with Crippen LogP contribution in [0.2, 0.25) is 0 Å². The van der Waals surface area contributed by atoms with Gasteiger partial charge in [0.1, 0.15) is 11.6 Å². The zero-order valence-corrected chi connectivity index (χ0v) is 18.1. The molecular weight excluding hydrogens is 409 g/mol. The largest absolute Gasteiger partial charge is 0.547 e. The minimum absolute atomic E-state index is 0.0127. The summed E-state index contributed by atoms with van der Waals surface area (Å²) < 4.78 is 5.46. The van der Waals surface area contributed by atoms with E-state index in [1.54, 1.807) is 18.3 Å². The van der Waals surface area contributed by atoms with Crippen molar-refractivity contribution in [3.05, 3.63) is 53.7 Å². The van der Waals surface area contributed by atoms with E-state index in [2.05, 4.69) is 22.2 Å². The van der Waals surface area contributed by atoms with Crippen LogP contribution in [-0.4, -0.2) is 53.1 Å². The van der Waals surface area contributed by atoms with Gasteiger partial charge in [-0.15, -0.1) is 0 Å². The standard InChI is InChI=1S/C23H28BN3O5/c1-27(20-7-2-3-12-25-20)17-10-8-15(9-11-17)13-21(28)26-19-14-16-5-4-6-18(23(29)30)22(16)32-24(19)31/h2-7,12,15,17,19,31H,8-11,13-14H2,1H3,(H,26,28)(H,29,30)/t15?,17?,19-/m0/s1. The molecule has 2 aromatic rings. The number of aromatic nitrogens is 1. The number of anilines is 1. The zero-order valence-electron chi connectivity index (χ0n) is 18.1. The second-order valence-corrected chi connectivity index (χ2v) is 8.66. The maximum atomic E-state index is 12.7. The van der Waals surface area contributed by atoms with E-state index in [9.17, 15) is 19.7 Å². The number of carbonyl (C=O) groups is 2. The number of fused-ring (bicyclic) bond motifs is 1. The topological polar surface area (TPSA) is 112 Å². The molecule has 1 aliphatic heterocycles. The highest BCUT2D eigenvalue weighted by molar-refractivity contribution is 6.47. The maximum Gasteiger partial charge on any atom is 0.547 e. The Balaban J connectivity index is 1.28. The molecule has 0 bridgehead atoms. The third kappa shape index (κ3) is 4.88. The first-order valence-corrected chi connectivity index (χ1v) is 11.1. The molecule has 1 amide bonds. The lowest BCUT2D eigenvalue weighted by molar-refractivity contribution is -0.122. The molecule has 2 heterocycles. The van der Waals surface area contributed by atoms with Crippen LogP contribution in [0.25, 0.3) is 0 Å². The molecule has 0 saturated heterocycles. The predicted octanol–water partition coefficient (Wildman–Crippen LogP) is 2.30. The van der Waals surface area contributed by atoms with E-state index in [1.165, 1.54) is 6.07 Å². The van der Waals surface area contributed by atoms with Crippen LogP contribution in [0.5, 0.6) is 5.75 Å². The van der Waals surface area contributed by atoms with Gasteiger partial charge in [-0.2, -0.15) is 0 Å². The monoisotopic (exact) mass is 437 g/mol. The van der Waals surface area contributed by atoms with Gasteiger partial charge in [-0.05, 0) is 61.8 Å². The number of benzene rings is 1. The average Bonchev–Trinajstić information content (AvgIpc) is 2.79. The molecule has 9 heteroatoms. The van der Waals surface area contributed by atoms with Gasteiger partial charge in [0, 0.05) is 25.7 Å². The van der Waals surface area contributed by atoms with Crippen molar-refractivity contribution in [3.63, 3.8) is 0 Å². The van der Waals surface area contributed by atoms with Gasteiger partial charge in [0.15, 0.2) is 0 Å². The van der Waals surface area contributed by atoms with E-state index in [4.69, 9.17) is 4.65 Å². The molecule has 1 atom stereocenters. The van der Waals surface area contributed by atoms with Gasteiger partial charge in [-0.25, -0.2) is 9.78 Å². The summed E-state index contributed by atoms with van der Waals surface area (Å²) in [5.74, 6) is -0.390. The van der Waals surface area contributed by atoms with Gasteiger partial charge >= 0.3 is 13.1 Å². The molecule has 1 aromatic carbocycles. The second kappa shape index (κ2) is 9.60. The summed E-state index contributed by atoms with van der Waals surface area (Å²) in [6.07, 6.45) is 6.47. The number of carboxylic acid groups (broad SMARTS) is 1. The van der Waals surface area contributed by atoms with E-state index in [0.717, 1.165) is 31.5 Å². The van der Waals surface area contributed by atoms with Gasteiger partial charge in [-0.3, -0.25) is 4.79 Å². The van der Waals surface area contributed by atoms with Crippen molar-refractivity contribution < 1.29 is 24.4 Å². The van der Waals surface area contributed by atoms with Crippen molar-refractivity contribution in [1.29, 1.82) is 0 Å². The molecular formula is C23H28BN3O5. The molecule has 1 aliphatic carbocycles. The van der Waals surface area contributed by atoms with Crippen LogP contribution in [0.15, 0.2) is 42.6 Å².